The molecule has 0 unspecified atom stereocenters. The van der Waals surface area contributed by atoms with Crippen LogP contribution in [0.5, 0.6) is 11.6 Å². The summed E-state index contributed by atoms with van der Waals surface area (Å²) in [5.74, 6) is 0.957. The maximum Gasteiger partial charge on any atom is 0.412 e. The van der Waals surface area contributed by atoms with Gasteiger partial charge in [0.2, 0.25) is 5.88 Å². The summed E-state index contributed by atoms with van der Waals surface area (Å²) >= 11 is 1.43. The topological polar surface area (TPSA) is 85.4 Å². The van der Waals surface area contributed by atoms with Gasteiger partial charge in [0.25, 0.3) is 0 Å². The predicted octanol–water partition coefficient (Wildman–Crippen LogP) is 6.50. The van der Waals surface area contributed by atoms with E-state index in [9.17, 15) is 4.79 Å². The monoisotopic (exact) mass is 482 g/mol. The van der Waals surface area contributed by atoms with Gasteiger partial charge < -0.3 is 14.8 Å². The Labute approximate surface area is 200 Å². The molecule has 3 rings (SSSR count). The summed E-state index contributed by atoms with van der Waals surface area (Å²) in [6, 6.07) is 17.0. The van der Waals surface area contributed by atoms with Crippen LogP contribution in [0.3, 0.4) is 0 Å². The molecule has 1 amide bonds. The molecule has 3 aromatic rings. The average Bonchev–Trinajstić information content (AvgIpc) is 2.77. The number of thioether (sulfide) groups is 1. The molecule has 9 heteroatoms. The molecule has 0 aliphatic heterocycles. The van der Waals surface area contributed by atoms with Crippen LogP contribution in [-0.4, -0.2) is 40.0 Å². The van der Waals surface area contributed by atoms with Crippen LogP contribution in [0.25, 0.3) is 0 Å². The van der Waals surface area contributed by atoms with E-state index < -0.39 is 11.7 Å². The number of para-hydroxylation sites is 1. The first-order chi connectivity index (χ1) is 15.8. The lowest BCUT2D eigenvalue weighted by molar-refractivity contribution is 0.0636. The van der Waals surface area contributed by atoms with Crippen LogP contribution in [0.15, 0.2) is 66.0 Å². The quantitative estimate of drug-likeness (QED) is 0.226. The van der Waals surface area contributed by atoms with Crippen molar-refractivity contribution in [3.63, 3.8) is 0 Å². The van der Waals surface area contributed by atoms with Crippen LogP contribution in [0.2, 0.25) is 0 Å². The third-order valence-corrected chi connectivity index (χ3v) is 5.49. The summed E-state index contributed by atoms with van der Waals surface area (Å²) in [4.78, 5) is 21.1. The second-order valence-corrected chi connectivity index (χ2v) is 9.56. The Hall–Kier alpha value is -3.09. The van der Waals surface area contributed by atoms with Crippen molar-refractivity contribution in [1.29, 1.82) is 0 Å². The van der Waals surface area contributed by atoms with Gasteiger partial charge in [-0.2, -0.15) is 4.98 Å². The summed E-state index contributed by atoms with van der Waals surface area (Å²) < 4.78 is 11.5. The molecular weight excluding hydrogens is 455 g/mol. The Bertz CT molecular complexity index is 1130. The van der Waals surface area contributed by atoms with Gasteiger partial charge in [-0.25, -0.2) is 9.78 Å². The zero-order valence-corrected chi connectivity index (χ0v) is 21.0. The lowest BCUT2D eigenvalue weighted by atomic mass is 10.2. The first-order valence-electron chi connectivity index (χ1n) is 10.3. The first-order valence-corrected chi connectivity index (χ1v) is 12.8. The molecule has 1 aromatic heterocycles. The van der Waals surface area contributed by atoms with E-state index in [1.165, 1.54) is 11.8 Å². The van der Waals surface area contributed by atoms with Crippen molar-refractivity contribution in [3.05, 3.63) is 66.4 Å². The molecule has 0 atom stereocenters. The van der Waals surface area contributed by atoms with E-state index >= 15 is 0 Å². The van der Waals surface area contributed by atoms with Crippen LogP contribution in [0, 0.1) is 0 Å². The van der Waals surface area contributed by atoms with Crippen LogP contribution < -0.4 is 15.4 Å². The molecule has 0 radical (unpaired) electrons. The maximum atomic E-state index is 12.1. The molecule has 172 valence electrons. The third kappa shape index (κ3) is 7.48. The van der Waals surface area contributed by atoms with Crippen molar-refractivity contribution in [2.75, 3.05) is 23.6 Å². The molecule has 33 heavy (non-hydrogen) atoms. The summed E-state index contributed by atoms with van der Waals surface area (Å²) in [6.45, 7) is 7.48. The molecule has 2 N–H and O–H groups in total. The van der Waals surface area contributed by atoms with Crippen molar-refractivity contribution in [2.24, 2.45) is 0 Å². The zero-order chi connectivity index (χ0) is 23.8. The van der Waals surface area contributed by atoms with Crippen LogP contribution in [0.4, 0.5) is 16.2 Å². The average molecular weight is 483 g/mol. The highest BCUT2D eigenvalue weighted by atomic mass is 32.2. The number of nitrogens with one attached hydrogen (secondary N) is 2. The Morgan fingerprint density at radius 2 is 1.76 bits per heavy atom. The lowest BCUT2D eigenvalue weighted by Gasteiger charge is -2.20. The first kappa shape index (κ1) is 24.6. The Morgan fingerprint density at radius 1 is 1.03 bits per heavy atom. The number of nitrogens with zero attached hydrogens (tertiary/aromatic N) is 2. The number of amides is 1. The number of hydrogen-bond acceptors (Lipinski definition) is 6. The highest BCUT2D eigenvalue weighted by Gasteiger charge is 2.17. The van der Waals surface area contributed by atoms with Crippen molar-refractivity contribution in [3.8, 4) is 11.6 Å². The predicted molar refractivity (Wildman–Crippen MR) is 137 cm³/mol. The van der Waals surface area contributed by atoms with Gasteiger partial charge in [-0.15, -0.1) is 0 Å². The number of anilines is 2. The van der Waals surface area contributed by atoms with Gasteiger partial charge in [-0.3, -0.25) is 5.32 Å². The number of carbonyl (C=O) groups excluding carboxylic acids is 1. The van der Waals surface area contributed by atoms with E-state index in [0.717, 1.165) is 24.9 Å². The van der Waals surface area contributed by atoms with Crippen molar-refractivity contribution >= 4 is 42.9 Å². The molecule has 0 aliphatic rings. The second kappa shape index (κ2) is 11.2. The minimum absolute atomic E-state index is 0.427. The Balaban J connectivity index is 1.86. The van der Waals surface area contributed by atoms with E-state index in [0.29, 0.717) is 22.5 Å². The standard InChI is InChI=1S/C24H27N4O3PS/c1-24(2,3)31-23(29)27-17-12-9-13-18(14-17)30-20-19(15-25-22(28-20)33-5)21(32-4)26-16-10-7-6-8-11-16/h6-15,26H,1-5H3,(H,27,29). The largest absolute Gasteiger partial charge is 0.444 e. The number of carbonyl (C=O) groups is 1. The van der Waals surface area contributed by atoms with E-state index in [1.807, 2.05) is 64.0 Å². The van der Waals surface area contributed by atoms with Gasteiger partial charge in [-0.05, 0) is 58.0 Å². The van der Waals surface area contributed by atoms with Gasteiger partial charge in [0.15, 0.2) is 5.16 Å². The maximum absolute atomic E-state index is 12.1. The van der Waals surface area contributed by atoms with Crippen molar-refractivity contribution < 1.29 is 14.3 Å². The fourth-order valence-electron chi connectivity index (χ4n) is 2.76. The van der Waals surface area contributed by atoms with E-state index in [1.54, 1.807) is 30.5 Å². The normalized spacial score (nSPS) is 11.6. The van der Waals surface area contributed by atoms with E-state index in [4.69, 9.17) is 9.47 Å². The van der Waals surface area contributed by atoms with Crippen molar-refractivity contribution in [2.45, 2.75) is 31.5 Å². The molecule has 0 fully saturated rings. The molecular formula is C24H27N4O3PS. The van der Waals surface area contributed by atoms with Crippen LogP contribution in [-0.2, 0) is 4.74 Å². The Kier molecular flexibility index (Phi) is 8.31. The van der Waals surface area contributed by atoms with Crippen LogP contribution in [0.1, 0.15) is 26.3 Å². The lowest BCUT2D eigenvalue weighted by Crippen LogP contribution is -2.27. The molecule has 0 saturated heterocycles. The summed E-state index contributed by atoms with van der Waals surface area (Å²) in [7, 11) is 0.999. The molecule has 0 saturated carbocycles. The number of ether oxygens (including phenoxy) is 2. The highest BCUT2D eigenvalue weighted by molar-refractivity contribution is 7.98. The number of rotatable bonds is 7. The van der Waals surface area contributed by atoms with Gasteiger partial charge in [0, 0.05) is 23.6 Å². The minimum atomic E-state index is -0.584. The minimum Gasteiger partial charge on any atom is -0.444 e. The van der Waals surface area contributed by atoms with Gasteiger partial charge in [0.05, 0.1) is 11.0 Å². The molecule has 0 aliphatic carbocycles. The molecule has 0 spiro atoms. The number of hydrogen-bond donors (Lipinski definition) is 2. The SMILES string of the molecule is C/P=C(\Nc1ccccc1)c1cnc(SC)nc1Oc1cccc(NC(=O)OC(C)(C)C)c1. The summed E-state index contributed by atoms with van der Waals surface area (Å²) in [5, 5.41) is 6.76. The second-order valence-electron chi connectivity index (χ2n) is 7.90. The van der Waals surface area contributed by atoms with Crippen molar-refractivity contribution in [1.82, 2.24) is 9.97 Å². The Morgan fingerprint density at radius 3 is 2.42 bits per heavy atom. The highest BCUT2D eigenvalue weighted by Crippen LogP contribution is 2.29. The van der Waals surface area contributed by atoms with Gasteiger partial charge in [0.1, 0.15) is 11.4 Å². The van der Waals surface area contributed by atoms with Crippen LogP contribution >= 0.6 is 20.0 Å². The summed E-state index contributed by atoms with van der Waals surface area (Å²) in [6.07, 6.45) is 3.15. The molecule has 2 aromatic carbocycles. The number of aromatic nitrogens is 2. The fourth-order valence-corrected chi connectivity index (χ4v) is 3.73. The zero-order valence-electron chi connectivity index (χ0n) is 19.2. The molecule has 7 nitrogen and oxygen atoms in total. The smallest absolute Gasteiger partial charge is 0.412 e. The number of benzene rings is 2. The van der Waals surface area contributed by atoms with E-state index in [2.05, 4.69) is 20.6 Å². The van der Waals surface area contributed by atoms with Gasteiger partial charge in [-0.1, -0.05) is 44.2 Å². The summed E-state index contributed by atoms with van der Waals surface area (Å²) in [5.41, 5.74) is 2.60. The van der Waals surface area contributed by atoms with E-state index in [-0.39, 0.29) is 0 Å². The fraction of sp³-hybridized carbons (Fsp3) is 0.250. The third-order valence-electron chi connectivity index (χ3n) is 4.12. The molecule has 0 bridgehead atoms. The van der Waals surface area contributed by atoms with Gasteiger partial charge >= 0.3 is 6.09 Å². The molecule has 1 heterocycles.